The molecule has 0 atom stereocenters. The van der Waals surface area contributed by atoms with Crippen molar-refractivity contribution in [2.75, 3.05) is 23.7 Å². The first-order valence-electron chi connectivity index (χ1n) is 10.8. The fourth-order valence-electron chi connectivity index (χ4n) is 4.22. The molecule has 29 heavy (non-hydrogen) atoms. The van der Waals surface area contributed by atoms with Crippen molar-refractivity contribution >= 4 is 23.6 Å². The van der Waals surface area contributed by atoms with Gasteiger partial charge < -0.3 is 14.6 Å². The molecule has 0 bridgehead atoms. The number of nitrogens with one attached hydrogen (secondary N) is 1. The molecule has 0 aromatic carbocycles. The maximum absolute atomic E-state index is 12.5. The molecule has 1 aliphatic heterocycles. The minimum Gasteiger partial charge on any atom is -0.467 e. The first kappa shape index (κ1) is 20.3. The SMILES string of the molecule is CC1CCC(NC(=O)CSc2nnc(N3CCCCC3)n2Cc2ccco2)CC1. The zero-order chi connectivity index (χ0) is 20.1. The average Bonchev–Trinajstić information content (AvgIpc) is 3.39. The second-order valence-corrected chi connectivity index (χ2v) is 9.25. The summed E-state index contributed by atoms with van der Waals surface area (Å²) in [5.74, 6) is 2.98. The van der Waals surface area contributed by atoms with Gasteiger partial charge >= 0.3 is 0 Å². The van der Waals surface area contributed by atoms with E-state index >= 15 is 0 Å². The summed E-state index contributed by atoms with van der Waals surface area (Å²) in [7, 11) is 0. The molecule has 1 saturated carbocycles. The van der Waals surface area contributed by atoms with E-state index in [0.29, 0.717) is 18.3 Å². The third-order valence-electron chi connectivity index (χ3n) is 5.94. The van der Waals surface area contributed by atoms with Gasteiger partial charge in [0.2, 0.25) is 11.9 Å². The van der Waals surface area contributed by atoms with Crippen LogP contribution in [0, 0.1) is 5.92 Å². The van der Waals surface area contributed by atoms with E-state index in [1.165, 1.54) is 43.9 Å². The predicted molar refractivity (Wildman–Crippen MR) is 114 cm³/mol. The van der Waals surface area contributed by atoms with E-state index in [9.17, 15) is 4.79 Å². The molecular weight excluding hydrogens is 386 g/mol. The van der Waals surface area contributed by atoms with Crippen molar-refractivity contribution in [2.24, 2.45) is 5.92 Å². The Kier molecular flexibility index (Phi) is 6.79. The topological polar surface area (TPSA) is 76.2 Å². The Balaban J connectivity index is 1.40. The van der Waals surface area contributed by atoms with Crippen molar-refractivity contribution in [3.05, 3.63) is 24.2 Å². The molecule has 7 nitrogen and oxygen atoms in total. The number of furan rings is 1. The third-order valence-corrected chi connectivity index (χ3v) is 6.91. The fraction of sp³-hybridized carbons (Fsp3) is 0.667. The summed E-state index contributed by atoms with van der Waals surface area (Å²) in [5.41, 5.74) is 0. The minimum absolute atomic E-state index is 0.0848. The molecule has 8 heteroatoms. The smallest absolute Gasteiger partial charge is 0.230 e. The van der Waals surface area contributed by atoms with Gasteiger partial charge in [-0.2, -0.15) is 0 Å². The maximum Gasteiger partial charge on any atom is 0.230 e. The molecule has 1 aliphatic carbocycles. The summed E-state index contributed by atoms with van der Waals surface area (Å²) in [6.07, 6.45) is 9.90. The van der Waals surface area contributed by atoms with Gasteiger partial charge in [-0.3, -0.25) is 9.36 Å². The van der Waals surface area contributed by atoms with E-state index in [1.807, 2.05) is 12.1 Å². The van der Waals surface area contributed by atoms with Gasteiger partial charge in [-0.25, -0.2) is 0 Å². The standard InChI is InChI=1S/C21H31N5O2S/c1-16-7-9-17(10-8-16)22-19(27)15-29-21-24-23-20(25-11-3-2-4-12-25)26(21)14-18-6-5-13-28-18/h5-6,13,16-17H,2-4,7-12,14-15H2,1H3,(H,22,27). The lowest BCUT2D eigenvalue weighted by Gasteiger charge is -2.27. The number of aromatic nitrogens is 3. The van der Waals surface area contributed by atoms with Crippen LogP contribution in [0.25, 0.3) is 0 Å². The van der Waals surface area contributed by atoms with E-state index < -0.39 is 0 Å². The van der Waals surface area contributed by atoms with Crippen molar-refractivity contribution in [3.8, 4) is 0 Å². The van der Waals surface area contributed by atoms with Crippen LogP contribution in [0.1, 0.15) is 57.6 Å². The van der Waals surface area contributed by atoms with Gasteiger partial charge in [0.05, 0.1) is 18.6 Å². The Bertz CT molecular complexity index is 777. The highest BCUT2D eigenvalue weighted by atomic mass is 32.2. The summed E-state index contributed by atoms with van der Waals surface area (Å²) in [6.45, 7) is 4.87. The fourth-order valence-corrected chi connectivity index (χ4v) is 4.96. The molecule has 0 radical (unpaired) electrons. The van der Waals surface area contributed by atoms with Crippen LogP contribution in [0.4, 0.5) is 5.95 Å². The van der Waals surface area contributed by atoms with Gasteiger partial charge in [0.1, 0.15) is 5.76 Å². The molecule has 1 saturated heterocycles. The molecule has 4 rings (SSSR count). The second-order valence-electron chi connectivity index (χ2n) is 8.31. The van der Waals surface area contributed by atoms with Crippen LogP contribution in [0.3, 0.4) is 0 Å². The normalized spacial score (nSPS) is 22.6. The Labute approximate surface area is 176 Å². The first-order chi connectivity index (χ1) is 14.2. The number of carbonyl (C=O) groups is 1. The number of thioether (sulfide) groups is 1. The summed E-state index contributed by atoms with van der Waals surface area (Å²) in [6, 6.07) is 4.18. The van der Waals surface area contributed by atoms with Crippen LogP contribution in [-0.2, 0) is 11.3 Å². The largest absolute Gasteiger partial charge is 0.467 e. The molecule has 0 spiro atoms. The van der Waals surface area contributed by atoms with Crippen LogP contribution >= 0.6 is 11.8 Å². The average molecular weight is 418 g/mol. The maximum atomic E-state index is 12.5. The molecule has 3 heterocycles. The second kappa shape index (κ2) is 9.69. The summed E-state index contributed by atoms with van der Waals surface area (Å²) >= 11 is 1.46. The van der Waals surface area contributed by atoms with Crippen molar-refractivity contribution in [2.45, 2.75) is 69.6 Å². The highest BCUT2D eigenvalue weighted by Crippen LogP contribution is 2.26. The Morgan fingerprint density at radius 1 is 1.21 bits per heavy atom. The summed E-state index contributed by atoms with van der Waals surface area (Å²) < 4.78 is 7.64. The molecule has 1 N–H and O–H groups in total. The lowest BCUT2D eigenvalue weighted by atomic mass is 9.87. The number of anilines is 1. The van der Waals surface area contributed by atoms with Crippen molar-refractivity contribution in [1.82, 2.24) is 20.1 Å². The quantitative estimate of drug-likeness (QED) is 0.693. The molecular formula is C21H31N5O2S. The van der Waals surface area contributed by atoms with Crippen LogP contribution in [0.5, 0.6) is 0 Å². The van der Waals surface area contributed by atoms with Crippen molar-refractivity contribution in [3.63, 3.8) is 0 Å². The van der Waals surface area contributed by atoms with E-state index in [2.05, 4.69) is 31.9 Å². The number of rotatable bonds is 7. The van der Waals surface area contributed by atoms with Crippen LogP contribution in [0.2, 0.25) is 0 Å². The molecule has 2 aromatic rings. The van der Waals surface area contributed by atoms with Gasteiger partial charge in [0.25, 0.3) is 0 Å². The van der Waals surface area contributed by atoms with Crippen molar-refractivity contribution < 1.29 is 9.21 Å². The Morgan fingerprint density at radius 2 is 2.00 bits per heavy atom. The van der Waals surface area contributed by atoms with Crippen molar-refractivity contribution in [1.29, 1.82) is 0 Å². The molecule has 0 unspecified atom stereocenters. The van der Waals surface area contributed by atoms with Gasteiger partial charge in [-0.1, -0.05) is 18.7 Å². The lowest BCUT2D eigenvalue weighted by molar-refractivity contribution is -0.119. The molecule has 2 aliphatic rings. The molecule has 158 valence electrons. The lowest BCUT2D eigenvalue weighted by Crippen LogP contribution is -2.38. The molecule has 2 aromatic heterocycles. The first-order valence-corrected chi connectivity index (χ1v) is 11.8. The Morgan fingerprint density at radius 3 is 2.72 bits per heavy atom. The van der Waals surface area contributed by atoms with Gasteiger partial charge in [-0.15, -0.1) is 10.2 Å². The minimum atomic E-state index is 0.0848. The van der Waals surface area contributed by atoms with Crippen LogP contribution in [0.15, 0.2) is 28.0 Å². The number of hydrogen-bond acceptors (Lipinski definition) is 6. The zero-order valence-corrected chi connectivity index (χ0v) is 18.0. The highest BCUT2D eigenvalue weighted by molar-refractivity contribution is 7.99. The van der Waals surface area contributed by atoms with E-state index in [-0.39, 0.29) is 5.91 Å². The van der Waals surface area contributed by atoms with Crippen LogP contribution < -0.4 is 10.2 Å². The number of hydrogen-bond donors (Lipinski definition) is 1. The van der Waals surface area contributed by atoms with Gasteiger partial charge in [0, 0.05) is 19.1 Å². The zero-order valence-electron chi connectivity index (χ0n) is 17.2. The summed E-state index contributed by atoms with van der Waals surface area (Å²) in [4.78, 5) is 14.8. The third kappa shape index (κ3) is 5.35. The molecule has 2 fully saturated rings. The van der Waals surface area contributed by atoms with Crippen LogP contribution in [-0.4, -0.2) is 45.6 Å². The van der Waals surface area contributed by atoms with Gasteiger partial charge in [-0.05, 0) is 63.0 Å². The number of piperidine rings is 1. The number of carbonyl (C=O) groups excluding carboxylic acids is 1. The van der Waals surface area contributed by atoms with E-state index in [1.54, 1.807) is 6.26 Å². The number of nitrogens with zero attached hydrogens (tertiary/aromatic N) is 4. The Hall–Kier alpha value is -1.96. The molecule has 1 amide bonds. The van der Waals surface area contributed by atoms with E-state index in [4.69, 9.17) is 4.42 Å². The highest BCUT2D eigenvalue weighted by Gasteiger charge is 2.23. The van der Waals surface area contributed by atoms with E-state index in [0.717, 1.165) is 48.7 Å². The monoisotopic (exact) mass is 417 g/mol. The van der Waals surface area contributed by atoms with Gasteiger partial charge in [0.15, 0.2) is 5.16 Å². The predicted octanol–water partition coefficient (Wildman–Crippen LogP) is 3.70. The summed E-state index contributed by atoms with van der Waals surface area (Å²) in [5, 5.41) is 12.9. The number of amides is 1.